The number of allylic oxidation sites excluding steroid dienone is 10. The first-order valence-electron chi connectivity index (χ1n) is 28.3. The Kier molecular flexibility index (Phi) is 52.3. The number of hydrogen-bond acceptors (Lipinski definition) is 6. The van der Waals surface area contributed by atoms with Crippen LogP contribution in [0.4, 0.5) is 0 Å². The number of esters is 3. The summed E-state index contributed by atoms with van der Waals surface area (Å²) in [6.07, 6.45) is 67.7. The molecule has 1 atom stereocenters. The van der Waals surface area contributed by atoms with Gasteiger partial charge in [-0.3, -0.25) is 14.4 Å². The number of carbonyl (C=O) groups is 3. The molecule has 0 saturated heterocycles. The molecule has 0 aromatic rings. The predicted octanol–water partition coefficient (Wildman–Crippen LogP) is 18.8. The van der Waals surface area contributed by atoms with E-state index < -0.39 is 6.10 Å². The first kappa shape index (κ1) is 63.1. The van der Waals surface area contributed by atoms with Gasteiger partial charge in [0.05, 0.1) is 0 Å². The van der Waals surface area contributed by atoms with Gasteiger partial charge in [-0.25, -0.2) is 0 Å². The lowest BCUT2D eigenvalue weighted by molar-refractivity contribution is -0.167. The highest BCUT2D eigenvalue weighted by molar-refractivity contribution is 5.71. The van der Waals surface area contributed by atoms with E-state index in [9.17, 15) is 14.4 Å². The van der Waals surface area contributed by atoms with Gasteiger partial charge in [-0.05, 0) is 96.3 Å². The lowest BCUT2D eigenvalue weighted by atomic mass is 10.1. The Hall–Kier alpha value is -2.89. The highest BCUT2D eigenvalue weighted by Gasteiger charge is 2.19. The van der Waals surface area contributed by atoms with E-state index in [0.717, 1.165) is 77.0 Å². The fourth-order valence-electron chi connectivity index (χ4n) is 7.96. The minimum Gasteiger partial charge on any atom is -0.462 e. The van der Waals surface area contributed by atoms with Crippen LogP contribution in [-0.4, -0.2) is 37.2 Å². The van der Waals surface area contributed by atoms with Gasteiger partial charge in [0.25, 0.3) is 0 Å². The second kappa shape index (κ2) is 54.7. The third-order valence-corrected chi connectivity index (χ3v) is 12.3. The summed E-state index contributed by atoms with van der Waals surface area (Å²) < 4.78 is 16.8. The second-order valence-corrected chi connectivity index (χ2v) is 18.9. The van der Waals surface area contributed by atoms with Gasteiger partial charge in [0.15, 0.2) is 6.10 Å². The Morgan fingerprint density at radius 2 is 0.561 bits per heavy atom. The molecule has 0 amide bonds. The van der Waals surface area contributed by atoms with E-state index in [2.05, 4.69) is 81.5 Å². The molecule has 0 heterocycles. The molecule has 382 valence electrons. The molecule has 0 N–H and O–H groups in total. The maximum Gasteiger partial charge on any atom is 0.306 e. The van der Waals surface area contributed by atoms with Crippen molar-refractivity contribution >= 4 is 17.9 Å². The topological polar surface area (TPSA) is 78.9 Å². The Morgan fingerprint density at radius 1 is 0.303 bits per heavy atom. The SMILES string of the molecule is CCCCCC/C=C\CCCCCCCCCC(=O)OCC(COC(=O)CCCCCCC\C=C/C=C\C=C/CCCCCCC)OC(=O)CCCCCCCCC/C=C\CCCCCC. The number of carbonyl (C=O) groups excluding carboxylic acids is 3. The summed E-state index contributed by atoms with van der Waals surface area (Å²) in [5.74, 6) is -0.904. The van der Waals surface area contributed by atoms with Gasteiger partial charge in [-0.2, -0.15) is 0 Å². The molecule has 6 heteroatoms. The maximum atomic E-state index is 12.8. The molecule has 0 aliphatic heterocycles. The summed E-state index contributed by atoms with van der Waals surface area (Å²) in [4.78, 5) is 38.1. The Labute approximate surface area is 409 Å². The molecule has 0 aromatic carbocycles. The van der Waals surface area contributed by atoms with Crippen LogP contribution in [0.5, 0.6) is 0 Å². The summed E-state index contributed by atoms with van der Waals surface area (Å²) in [7, 11) is 0. The van der Waals surface area contributed by atoms with E-state index in [1.54, 1.807) is 0 Å². The van der Waals surface area contributed by atoms with E-state index >= 15 is 0 Å². The lowest BCUT2D eigenvalue weighted by Gasteiger charge is -2.18. The van der Waals surface area contributed by atoms with Crippen molar-refractivity contribution in [1.29, 1.82) is 0 Å². The number of unbranched alkanes of at least 4 members (excludes halogenated alkanes) is 32. The van der Waals surface area contributed by atoms with E-state index in [4.69, 9.17) is 14.2 Å². The normalized spacial score (nSPS) is 12.5. The van der Waals surface area contributed by atoms with Crippen molar-refractivity contribution in [2.75, 3.05) is 13.2 Å². The second-order valence-electron chi connectivity index (χ2n) is 18.9. The Morgan fingerprint density at radius 3 is 0.894 bits per heavy atom. The molecule has 0 aliphatic rings. The van der Waals surface area contributed by atoms with E-state index in [0.29, 0.717) is 19.3 Å². The highest BCUT2D eigenvalue weighted by atomic mass is 16.6. The zero-order chi connectivity index (χ0) is 47.9. The van der Waals surface area contributed by atoms with Crippen LogP contribution in [0.2, 0.25) is 0 Å². The number of ether oxygens (including phenoxy) is 3. The molecule has 0 bridgehead atoms. The van der Waals surface area contributed by atoms with Gasteiger partial charge in [-0.1, -0.05) is 229 Å². The van der Waals surface area contributed by atoms with Crippen molar-refractivity contribution in [3.05, 3.63) is 60.8 Å². The fourth-order valence-corrected chi connectivity index (χ4v) is 7.96. The van der Waals surface area contributed by atoms with Crippen LogP contribution in [0.3, 0.4) is 0 Å². The number of rotatable bonds is 51. The monoisotopic (exact) mass is 923 g/mol. The molecule has 0 radical (unpaired) electrons. The van der Waals surface area contributed by atoms with Gasteiger partial charge < -0.3 is 14.2 Å². The van der Waals surface area contributed by atoms with Crippen LogP contribution < -0.4 is 0 Å². The van der Waals surface area contributed by atoms with Crippen molar-refractivity contribution in [2.45, 2.75) is 290 Å². The van der Waals surface area contributed by atoms with Crippen LogP contribution in [-0.2, 0) is 28.6 Å². The van der Waals surface area contributed by atoms with Gasteiger partial charge in [0.1, 0.15) is 13.2 Å². The molecular formula is C60H106O6. The average Bonchev–Trinajstić information content (AvgIpc) is 3.31. The molecule has 0 fully saturated rings. The molecule has 0 spiro atoms. The first-order valence-corrected chi connectivity index (χ1v) is 28.3. The average molecular weight is 924 g/mol. The van der Waals surface area contributed by atoms with Crippen molar-refractivity contribution < 1.29 is 28.6 Å². The van der Waals surface area contributed by atoms with Gasteiger partial charge >= 0.3 is 17.9 Å². The highest BCUT2D eigenvalue weighted by Crippen LogP contribution is 2.15. The van der Waals surface area contributed by atoms with Gasteiger partial charge in [0, 0.05) is 19.3 Å². The molecular weight excluding hydrogens is 817 g/mol. The molecule has 6 nitrogen and oxygen atoms in total. The third-order valence-electron chi connectivity index (χ3n) is 12.3. The van der Waals surface area contributed by atoms with Crippen LogP contribution in [0.1, 0.15) is 284 Å². The van der Waals surface area contributed by atoms with E-state index in [-0.39, 0.29) is 31.1 Å². The van der Waals surface area contributed by atoms with Crippen LogP contribution in [0.15, 0.2) is 60.8 Å². The van der Waals surface area contributed by atoms with Gasteiger partial charge in [-0.15, -0.1) is 0 Å². The molecule has 1 unspecified atom stereocenters. The van der Waals surface area contributed by atoms with Crippen LogP contribution >= 0.6 is 0 Å². The summed E-state index contributed by atoms with van der Waals surface area (Å²) in [6.45, 7) is 6.59. The first-order chi connectivity index (χ1) is 32.5. The minimum atomic E-state index is -0.786. The van der Waals surface area contributed by atoms with Crippen LogP contribution in [0.25, 0.3) is 0 Å². The van der Waals surface area contributed by atoms with Crippen molar-refractivity contribution in [1.82, 2.24) is 0 Å². The summed E-state index contributed by atoms with van der Waals surface area (Å²) >= 11 is 0. The third kappa shape index (κ3) is 52.1. The predicted molar refractivity (Wildman–Crippen MR) is 284 cm³/mol. The van der Waals surface area contributed by atoms with Crippen molar-refractivity contribution in [2.24, 2.45) is 0 Å². The standard InChI is InChI=1S/C60H106O6/c1-4-7-10-13-16-19-22-25-28-29-30-33-35-38-41-44-47-50-53-59(62)65-56-57(66-60(63)54-51-48-45-42-39-36-32-27-24-21-18-15-12-9-6-3)55-64-58(61)52-49-46-43-40-37-34-31-26-23-20-17-14-11-8-5-2/h20-25,28-30,33,57H,4-19,26-27,31-32,34-56H2,1-3H3/b23-20-,24-21-,25-22-,29-28-,33-30-. The van der Waals surface area contributed by atoms with Crippen molar-refractivity contribution in [3.8, 4) is 0 Å². The van der Waals surface area contributed by atoms with Crippen molar-refractivity contribution in [3.63, 3.8) is 0 Å². The quantitative estimate of drug-likeness (QED) is 0.0199. The molecule has 0 saturated carbocycles. The smallest absolute Gasteiger partial charge is 0.306 e. The Bertz CT molecular complexity index is 1200. The zero-order valence-electron chi connectivity index (χ0n) is 43.7. The van der Waals surface area contributed by atoms with E-state index in [1.807, 2.05) is 0 Å². The van der Waals surface area contributed by atoms with Gasteiger partial charge in [0.2, 0.25) is 0 Å². The zero-order valence-corrected chi connectivity index (χ0v) is 43.7. The molecule has 0 rings (SSSR count). The molecule has 0 aromatic heterocycles. The maximum absolute atomic E-state index is 12.8. The lowest BCUT2D eigenvalue weighted by Crippen LogP contribution is -2.30. The largest absolute Gasteiger partial charge is 0.462 e. The summed E-state index contributed by atoms with van der Waals surface area (Å²) in [5, 5.41) is 0. The summed E-state index contributed by atoms with van der Waals surface area (Å²) in [6, 6.07) is 0. The minimum absolute atomic E-state index is 0.0841. The fraction of sp³-hybridized carbons (Fsp3) is 0.783. The summed E-state index contributed by atoms with van der Waals surface area (Å²) in [5.41, 5.74) is 0. The van der Waals surface area contributed by atoms with Crippen LogP contribution in [0, 0.1) is 0 Å². The Balaban J connectivity index is 4.42. The molecule has 0 aliphatic carbocycles. The molecule has 66 heavy (non-hydrogen) atoms. The number of hydrogen-bond donors (Lipinski definition) is 0. The van der Waals surface area contributed by atoms with E-state index in [1.165, 1.54) is 167 Å².